The lowest BCUT2D eigenvalue weighted by molar-refractivity contribution is 0.186. The highest BCUT2D eigenvalue weighted by molar-refractivity contribution is 5.32. The molecule has 0 spiro atoms. The first-order valence-electron chi connectivity index (χ1n) is 8.31. The van der Waals surface area contributed by atoms with E-state index < -0.39 is 0 Å². The summed E-state index contributed by atoms with van der Waals surface area (Å²) in [6.07, 6.45) is 0. The van der Waals surface area contributed by atoms with Gasteiger partial charge in [0.2, 0.25) is 0 Å². The van der Waals surface area contributed by atoms with Crippen molar-refractivity contribution >= 4 is 0 Å². The summed E-state index contributed by atoms with van der Waals surface area (Å²) in [5.74, 6) is 0.965. The van der Waals surface area contributed by atoms with E-state index in [2.05, 4.69) is 102 Å². The van der Waals surface area contributed by atoms with Crippen molar-refractivity contribution in [2.45, 2.75) is 53.4 Å². The average molecular weight is 294 g/mol. The van der Waals surface area contributed by atoms with Crippen LogP contribution >= 0.6 is 0 Å². The third kappa shape index (κ3) is 3.80. The third-order valence-electron chi connectivity index (χ3n) is 4.52. The van der Waals surface area contributed by atoms with Gasteiger partial charge < -0.3 is 0 Å². The molecular formula is C22H30. The van der Waals surface area contributed by atoms with Gasteiger partial charge in [-0.25, -0.2) is 0 Å². The zero-order valence-electron chi connectivity index (χ0n) is 14.9. The summed E-state index contributed by atoms with van der Waals surface area (Å²) in [4.78, 5) is 0. The predicted octanol–water partition coefficient (Wildman–Crippen LogP) is 6.65. The van der Waals surface area contributed by atoms with Crippen LogP contribution in [0.1, 0.15) is 64.5 Å². The highest BCUT2D eigenvalue weighted by Gasteiger charge is 2.40. The number of benzene rings is 2. The third-order valence-corrected chi connectivity index (χ3v) is 4.52. The molecule has 0 aliphatic rings. The molecule has 2 aromatic carbocycles. The zero-order chi connectivity index (χ0) is 16.4. The minimum Gasteiger partial charge on any atom is -0.0622 e. The van der Waals surface area contributed by atoms with Crippen LogP contribution in [0.25, 0.3) is 0 Å². The normalized spacial score (nSPS) is 15.4. The van der Waals surface area contributed by atoms with E-state index in [1.165, 1.54) is 11.1 Å². The van der Waals surface area contributed by atoms with Crippen LogP contribution in [0.5, 0.6) is 0 Å². The van der Waals surface area contributed by atoms with E-state index in [-0.39, 0.29) is 10.8 Å². The highest BCUT2D eigenvalue weighted by atomic mass is 14.4. The van der Waals surface area contributed by atoms with Gasteiger partial charge in [0.1, 0.15) is 0 Å². The van der Waals surface area contributed by atoms with Crippen LogP contribution in [0.4, 0.5) is 0 Å². The van der Waals surface area contributed by atoms with Crippen molar-refractivity contribution in [1.82, 2.24) is 0 Å². The molecule has 0 heterocycles. The maximum absolute atomic E-state index is 2.37. The minimum atomic E-state index is 0.204. The first-order chi connectivity index (χ1) is 10.2. The molecule has 0 nitrogen and oxygen atoms in total. The summed E-state index contributed by atoms with van der Waals surface area (Å²) in [5, 5.41) is 0. The van der Waals surface area contributed by atoms with Crippen molar-refractivity contribution in [1.29, 1.82) is 0 Å². The van der Waals surface area contributed by atoms with Crippen molar-refractivity contribution < 1.29 is 0 Å². The predicted molar refractivity (Wildman–Crippen MR) is 97.3 cm³/mol. The summed E-state index contributed by atoms with van der Waals surface area (Å²) in [6, 6.07) is 22.0. The standard InChI is InChI=1S/C22H30/c1-21(2,3)19(17-13-9-7-10-14-17)20(22(4,5)6)18-15-11-8-12-16-18/h7-16,19-20H,1-6H3. The van der Waals surface area contributed by atoms with E-state index in [1.807, 2.05) is 0 Å². The molecule has 0 aliphatic carbocycles. The van der Waals surface area contributed by atoms with E-state index in [4.69, 9.17) is 0 Å². The summed E-state index contributed by atoms with van der Waals surface area (Å²) in [5.41, 5.74) is 3.29. The van der Waals surface area contributed by atoms with Gasteiger partial charge >= 0.3 is 0 Å². The molecule has 0 N–H and O–H groups in total. The molecule has 2 atom stereocenters. The van der Waals surface area contributed by atoms with Gasteiger partial charge in [-0.2, -0.15) is 0 Å². The van der Waals surface area contributed by atoms with Crippen LogP contribution in [0.3, 0.4) is 0 Å². The second-order valence-corrected chi connectivity index (χ2v) is 8.51. The van der Waals surface area contributed by atoms with E-state index in [0.29, 0.717) is 11.8 Å². The fraction of sp³-hybridized carbons (Fsp3) is 0.455. The number of rotatable bonds is 3. The Morgan fingerprint density at radius 1 is 0.500 bits per heavy atom. The van der Waals surface area contributed by atoms with Gasteiger partial charge in [-0.1, -0.05) is 102 Å². The number of hydrogen-bond donors (Lipinski definition) is 0. The van der Waals surface area contributed by atoms with Crippen molar-refractivity contribution in [3.63, 3.8) is 0 Å². The maximum Gasteiger partial charge on any atom is -0.00394 e. The molecule has 0 aromatic heterocycles. The topological polar surface area (TPSA) is 0 Å². The Labute approximate surface area is 136 Å². The smallest absolute Gasteiger partial charge is 0.00394 e. The largest absolute Gasteiger partial charge is 0.0622 e. The molecule has 0 bridgehead atoms. The summed E-state index contributed by atoms with van der Waals surface area (Å²) in [7, 11) is 0. The Balaban J connectivity index is 2.60. The van der Waals surface area contributed by atoms with Crippen molar-refractivity contribution in [2.75, 3.05) is 0 Å². The quantitative estimate of drug-likeness (QED) is 0.594. The Hall–Kier alpha value is -1.56. The van der Waals surface area contributed by atoms with Crippen molar-refractivity contribution in [3.05, 3.63) is 71.8 Å². The SMILES string of the molecule is CC(C)(C)C(c1ccccc1)C(c1ccccc1)C(C)(C)C. The van der Waals surface area contributed by atoms with Crippen LogP contribution in [-0.4, -0.2) is 0 Å². The minimum absolute atomic E-state index is 0.204. The van der Waals surface area contributed by atoms with Gasteiger partial charge in [0.15, 0.2) is 0 Å². The molecule has 0 radical (unpaired) electrons. The Kier molecular flexibility index (Phi) is 4.80. The van der Waals surface area contributed by atoms with Gasteiger partial charge in [0.05, 0.1) is 0 Å². The van der Waals surface area contributed by atoms with E-state index >= 15 is 0 Å². The van der Waals surface area contributed by atoms with E-state index in [1.54, 1.807) is 0 Å². The molecule has 0 saturated carbocycles. The molecule has 118 valence electrons. The number of hydrogen-bond acceptors (Lipinski definition) is 0. The molecular weight excluding hydrogens is 264 g/mol. The fourth-order valence-electron chi connectivity index (χ4n) is 3.71. The second-order valence-electron chi connectivity index (χ2n) is 8.51. The van der Waals surface area contributed by atoms with E-state index in [9.17, 15) is 0 Å². The Bertz CT molecular complexity index is 511. The van der Waals surface area contributed by atoms with Gasteiger partial charge in [0, 0.05) is 0 Å². The van der Waals surface area contributed by atoms with Gasteiger partial charge in [-0.05, 0) is 33.8 Å². The highest BCUT2D eigenvalue weighted by Crippen LogP contribution is 2.52. The lowest BCUT2D eigenvalue weighted by Gasteiger charge is -2.44. The van der Waals surface area contributed by atoms with Crippen LogP contribution in [0.15, 0.2) is 60.7 Å². The van der Waals surface area contributed by atoms with Crippen LogP contribution in [0.2, 0.25) is 0 Å². The average Bonchev–Trinajstić information content (AvgIpc) is 2.44. The molecule has 2 aromatic rings. The van der Waals surface area contributed by atoms with Crippen LogP contribution in [-0.2, 0) is 0 Å². The molecule has 0 amide bonds. The van der Waals surface area contributed by atoms with Crippen LogP contribution in [0, 0.1) is 10.8 Å². The molecule has 2 unspecified atom stereocenters. The lowest BCUT2D eigenvalue weighted by atomic mass is 9.60. The van der Waals surface area contributed by atoms with Gasteiger partial charge in [-0.15, -0.1) is 0 Å². The second kappa shape index (κ2) is 6.28. The van der Waals surface area contributed by atoms with Crippen LogP contribution < -0.4 is 0 Å². The molecule has 0 heteroatoms. The van der Waals surface area contributed by atoms with Crippen molar-refractivity contribution in [3.8, 4) is 0 Å². The summed E-state index contributed by atoms with van der Waals surface area (Å²) < 4.78 is 0. The summed E-state index contributed by atoms with van der Waals surface area (Å²) >= 11 is 0. The zero-order valence-corrected chi connectivity index (χ0v) is 14.9. The Morgan fingerprint density at radius 3 is 1.00 bits per heavy atom. The molecule has 2 rings (SSSR count). The molecule has 0 aliphatic heterocycles. The molecule has 22 heavy (non-hydrogen) atoms. The van der Waals surface area contributed by atoms with Crippen molar-refractivity contribution in [2.24, 2.45) is 10.8 Å². The molecule has 0 saturated heterocycles. The van der Waals surface area contributed by atoms with Gasteiger partial charge in [-0.3, -0.25) is 0 Å². The summed E-state index contributed by atoms with van der Waals surface area (Å²) in [6.45, 7) is 14.2. The lowest BCUT2D eigenvalue weighted by Crippen LogP contribution is -2.32. The fourth-order valence-corrected chi connectivity index (χ4v) is 3.71. The molecule has 0 fully saturated rings. The first-order valence-corrected chi connectivity index (χ1v) is 8.31. The Morgan fingerprint density at radius 2 is 0.773 bits per heavy atom. The maximum atomic E-state index is 2.37. The van der Waals surface area contributed by atoms with Gasteiger partial charge in [0.25, 0.3) is 0 Å². The van der Waals surface area contributed by atoms with E-state index in [0.717, 1.165) is 0 Å². The monoisotopic (exact) mass is 294 g/mol. The first kappa shape index (κ1) is 16.8.